The van der Waals surface area contributed by atoms with Gasteiger partial charge in [-0.1, -0.05) is 23.5 Å². The molecule has 4 heterocycles. The van der Waals surface area contributed by atoms with Crippen molar-refractivity contribution >= 4 is 39.0 Å². The van der Waals surface area contributed by atoms with Gasteiger partial charge >= 0.3 is 0 Å². The Morgan fingerprint density at radius 2 is 2.00 bits per heavy atom. The molecule has 1 aromatic carbocycles. The lowest BCUT2D eigenvalue weighted by atomic mass is 10.0. The summed E-state index contributed by atoms with van der Waals surface area (Å²) in [6, 6.07) is 11.9. The smallest absolute Gasteiger partial charge is 0.259 e. The number of nitrogens with zero attached hydrogens (tertiary/aromatic N) is 6. The fourth-order valence-corrected chi connectivity index (χ4v) is 5.12. The van der Waals surface area contributed by atoms with Crippen LogP contribution in [0.1, 0.15) is 25.0 Å². The maximum atomic E-state index is 13.1. The number of rotatable bonds is 10. The molecular formula is C24H30N8O3S. The second kappa shape index (κ2) is 11.1. The van der Waals surface area contributed by atoms with Crippen molar-refractivity contribution in [3.8, 4) is 0 Å². The molecule has 11 nitrogen and oxygen atoms in total. The minimum absolute atomic E-state index is 0.210. The fourth-order valence-electron chi connectivity index (χ4n) is 4.40. The van der Waals surface area contributed by atoms with Crippen molar-refractivity contribution in [2.24, 2.45) is 0 Å². The van der Waals surface area contributed by atoms with E-state index in [0.717, 1.165) is 49.7 Å². The van der Waals surface area contributed by atoms with Gasteiger partial charge in [0.2, 0.25) is 10.3 Å². The van der Waals surface area contributed by atoms with Crippen LogP contribution in [0.5, 0.6) is 0 Å². The van der Waals surface area contributed by atoms with E-state index in [2.05, 4.69) is 40.8 Å². The maximum absolute atomic E-state index is 13.1. The van der Waals surface area contributed by atoms with Crippen LogP contribution in [0.15, 0.2) is 42.6 Å². The Kier molecular flexibility index (Phi) is 7.54. The molecule has 2 saturated heterocycles. The van der Waals surface area contributed by atoms with Crippen LogP contribution in [0.4, 0.5) is 21.8 Å². The number of aromatic nitrogens is 4. The van der Waals surface area contributed by atoms with Gasteiger partial charge in [-0.25, -0.2) is 0 Å². The molecule has 3 aromatic rings. The lowest BCUT2D eigenvalue weighted by molar-refractivity contribution is -0.127. The van der Waals surface area contributed by atoms with E-state index >= 15 is 0 Å². The predicted molar refractivity (Wildman–Crippen MR) is 139 cm³/mol. The normalized spacial score (nSPS) is 18.7. The average molecular weight is 511 g/mol. The first-order valence-corrected chi connectivity index (χ1v) is 12.9. The van der Waals surface area contributed by atoms with Gasteiger partial charge in [0.25, 0.3) is 5.91 Å². The van der Waals surface area contributed by atoms with Crippen molar-refractivity contribution in [1.29, 1.82) is 0 Å². The predicted octanol–water partition coefficient (Wildman–Crippen LogP) is 2.57. The number of amides is 1. The van der Waals surface area contributed by atoms with Crippen LogP contribution >= 0.6 is 11.3 Å². The van der Waals surface area contributed by atoms with E-state index in [1.165, 1.54) is 11.3 Å². The summed E-state index contributed by atoms with van der Waals surface area (Å²) in [5.74, 6) is 0.593. The third-order valence-corrected chi connectivity index (χ3v) is 7.11. The third kappa shape index (κ3) is 5.55. The highest BCUT2D eigenvalue weighted by atomic mass is 32.1. The lowest BCUT2D eigenvalue weighted by Gasteiger charge is -2.40. The van der Waals surface area contributed by atoms with Crippen LogP contribution in [0, 0.1) is 0 Å². The van der Waals surface area contributed by atoms with E-state index in [1.54, 1.807) is 13.3 Å². The lowest BCUT2D eigenvalue weighted by Crippen LogP contribution is -2.51. The number of anilines is 4. The molecule has 2 atom stereocenters. The molecule has 2 N–H and O–H groups in total. The maximum Gasteiger partial charge on any atom is 0.259 e. The van der Waals surface area contributed by atoms with Crippen molar-refractivity contribution in [3.63, 3.8) is 0 Å². The summed E-state index contributed by atoms with van der Waals surface area (Å²) in [6.07, 6.45) is 2.12. The zero-order valence-electron chi connectivity index (χ0n) is 20.3. The highest BCUT2D eigenvalue weighted by molar-refractivity contribution is 7.19. The van der Waals surface area contributed by atoms with Crippen molar-refractivity contribution in [2.45, 2.75) is 31.6 Å². The Morgan fingerprint density at radius 3 is 2.78 bits per heavy atom. The largest absolute Gasteiger partial charge is 0.378 e. The van der Waals surface area contributed by atoms with Gasteiger partial charge in [0.15, 0.2) is 11.9 Å². The summed E-state index contributed by atoms with van der Waals surface area (Å²) in [5.41, 5.74) is 1.85. The summed E-state index contributed by atoms with van der Waals surface area (Å²) < 4.78 is 11.2. The minimum atomic E-state index is -0.745. The molecule has 0 spiro atoms. The van der Waals surface area contributed by atoms with Crippen LogP contribution < -0.4 is 20.4 Å². The highest BCUT2D eigenvalue weighted by Gasteiger charge is 2.29. The molecule has 0 aliphatic carbocycles. The Labute approximate surface area is 213 Å². The van der Waals surface area contributed by atoms with Gasteiger partial charge < -0.3 is 24.6 Å². The van der Waals surface area contributed by atoms with Crippen LogP contribution in [-0.4, -0.2) is 78.3 Å². The molecule has 2 fully saturated rings. The van der Waals surface area contributed by atoms with Gasteiger partial charge in [-0.05, 0) is 43.2 Å². The van der Waals surface area contributed by atoms with Gasteiger partial charge in [0, 0.05) is 57.8 Å². The van der Waals surface area contributed by atoms with Crippen LogP contribution in [0.25, 0.3) is 0 Å². The van der Waals surface area contributed by atoms with E-state index in [1.807, 2.05) is 43.3 Å². The molecule has 0 saturated carbocycles. The molecule has 2 aliphatic heterocycles. The number of nitrogens with one attached hydrogen (secondary N) is 2. The number of benzene rings is 1. The summed E-state index contributed by atoms with van der Waals surface area (Å²) >= 11 is 1.31. The number of methoxy groups -OCH3 is 1. The van der Waals surface area contributed by atoms with Crippen LogP contribution in [0.3, 0.4) is 0 Å². The van der Waals surface area contributed by atoms with E-state index < -0.39 is 6.10 Å². The molecule has 2 aromatic heterocycles. The topological polar surface area (TPSA) is 118 Å². The molecule has 0 radical (unpaired) electrons. The second-order valence-electron chi connectivity index (χ2n) is 8.75. The molecule has 2 aliphatic rings. The van der Waals surface area contributed by atoms with E-state index in [-0.39, 0.29) is 18.1 Å². The summed E-state index contributed by atoms with van der Waals surface area (Å²) in [6.45, 7) is 5.64. The third-order valence-electron chi connectivity index (χ3n) is 6.34. The van der Waals surface area contributed by atoms with Gasteiger partial charge in [-0.3, -0.25) is 10.1 Å². The first-order chi connectivity index (χ1) is 17.6. The summed E-state index contributed by atoms with van der Waals surface area (Å²) in [7, 11) is 1.73. The zero-order valence-corrected chi connectivity index (χ0v) is 21.1. The molecule has 0 unspecified atom stereocenters. The quantitative estimate of drug-likeness (QED) is 0.421. The van der Waals surface area contributed by atoms with Crippen LogP contribution in [0.2, 0.25) is 0 Å². The Bertz CT molecular complexity index is 1160. The number of carbonyl (C=O) groups excluding carboxylic acids is 1. The van der Waals surface area contributed by atoms with Gasteiger partial charge in [0.05, 0.1) is 6.10 Å². The van der Waals surface area contributed by atoms with E-state index in [9.17, 15) is 4.79 Å². The SMILES string of the molecule is CCO[C@@H](C(=O)Nc1nnc(N[C@@H]2CCN(c3cccnn3)C2)s1)c1cccc(N2CC(OC)C2)c1. The number of ether oxygens (including phenoxy) is 2. The summed E-state index contributed by atoms with van der Waals surface area (Å²) in [5, 5.41) is 23.9. The van der Waals surface area contributed by atoms with Crippen LogP contribution in [-0.2, 0) is 14.3 Å². The average Bonchev–Trinajstić information content (AvgIpc) is 3.52. The molecule has 0 bridgehead atoms. The number of hydrogen-bond donors (Lipinski definition) is 2. The molecular weight excluding hydrogens is 480 g/mol. The minimum Gasteiger partial charge on any atom is -0.378 e. The standard InChI is InChI=1S/C24H30N8O3S/c1-3-35-21(16-6-4-7-18(12-16)32-14-19(15-32)34-2)22(33)27-24-30-29-23(36-24)26-17-9-11-31(13-17)20-8-5-10-25-28-20/h4-8,10,12,17,19,21H,3,9,11,13-15H2,1-2H3,(H,26,29)(H,27,30,33)/t17-,21-/m1/s1. The highest BCUT2D eigenvalue weighted by Crippen LogP contribution is 2.29. The van der Waals surface area contributed by atoms with Crippen molar-refractivity contribution in [2.75, 3.05) is 60.3 Å². The Balaban J connectivity index is 1.19. The zero-order chi connectivity index (χ0) is 24.9. The Hall–Kier alpha value is -3.35. The first kappa shape index (κ1) is 24.3. The molecule has 5 rings (SSSR count). The molecule has 190 valence electrons. The van der Waals surface area contributed by atoms with Crippen molar-refractivity contribution in [3.05, 3.63) is 48.2 Å². The van der Waals surface area contributed by atoms with Crippen molar-refractivity contribution in [1.82, 2.24) is 20.4 Å². The number of hydrogen-bond acceptors (Lipinski definition) is 11. The monoisotopic (exact) mass is 510 g/mol. The molecule has 36 heavy (non-hydrogen) atoms. The first-order valence-electron chi connectivity index (χ1n) is 12.1. The summed E-state index contributed by atoms with van der Waals surface area (Å²) in [4.78, 5) is 17.6. The fraction of sp³-hybridized carbons (Fsp3) is 0.458. The van der Waals surface area contributed by atoms with Gasteiger partial charge in [-0.15, -0.1) is 15.3 Å². The van der Waals surface area contributed by atoms with E-state index in [0.29, 0.717) is 16.9 Å². The van der Waals surface area contributed by atoms with Gasteiger partial charge in [-0.2, -0.15) is 5.10 Å². The van der Waals surface area contributed by atoms with E-state index in [4.69, 9.17) is 9.47 Å². The number of carbonyl (C=O) groups is 1. The molecule has 1 amide bonds. The second-order valence-corrected chi connectivity index (χ2v) is 9.73. The van der Waals surface area contributed by atoms with Crippen molar-refractivity contribution < 1.29 is 14.3 Å². The molecule has 12 heteroatoms. The Morgan fingerprint density at radius 1 is 1.14 bits per heavy atom. The van der Waals surface area contributed by atoms with Gasteiger partial charge in [0.1, 0.15) is 0 Å².